The van der Waals surface area contributed by atoms with Gasteiger partial charge in [-0.1, -0.05) is 47.0 Å². The number of amides is 1. The number of benzene rings is 2. The number of nitrogens with one attached hydrogen (secondary N) is 1. The lowest BCUT2D eigenvalue weighted by Crippen LogP contribution is -2.82. The molecule has 1 aromatic heterocycles. The molecule has 1 amide bonds. The molecule has 33 heavy (non-hydrogen) atoms. The van der Waals surface area contributed by atoms with Gasteiger partial charge in [0, 0.05) is 17.7 Å². The molecule has 3 aromatic rings. The van der Waals surface area contributed by atoms with Crippen molar-refractivity contribution in [1.29, 1.82) is 5.41 Å². The van der Waals surface area contributed by atoms with Gasteiger partial charge in [0.15, 0.2) is 6.54 Å². The highest BCUT2D eigenvalue weighted by atomic mass is 35.5. The predicted octanol–water partition coefficient (Wildman–Crippen LogP) is 3.26. The standard InChI is InChI=1S/C23H19ClF3N5O/c24-20-19(21(28)16-10-14(25)6-7-17(16)27)23(29-11-18(33)32-9-8-15(26)12-32)31-30-22(20)13-4-2-1-3-5-13/h1-7,10,15,28H,8-9,11-12H2,(H,29,31)/p+1. The molecule has 1 saturated heterocycles. The minimum absolute atomic E-state index is 0.0209. The first-order valence-corrected chi connectivity index (χ1v) is 10.6. The number of nitrogens with two attached hydrogens (primary N) is 1. The van der Waals surface area contributed by atoms with Crippen molar-refractivity contribution in [2.75, 3.05) is 19.6 Å². The summed E-state index contributed by atoms with van der Waals surface area (Å²) in [6.45, 7) is 0.224. The van der Waals surface area contributed by atoms with E-state index in [2.05, 4.69) is 10.2 Å². The Balaban J connectivity index is 1.73. The van der Waals surface area contributed by atoms with Crippen molar-refractivity contribution in [3.05, 3.63) is 76.3 Å². The molecule has 4 rings (SSSR count). The van der Waals surface area contributed by atoms with Crippen LogP contribution in [0, 0.1) is 17.0 Å². The number of aromatic nitrogens is 2. The second kappa shape index (κ2) is 9.68. The lowest BCUT2D eigenvalue weighted by Gasteiger charge is -2.16. The second-order valence-electron chi connectivity index (χ2n) is 7.62. The zero-order valence-corrected chi connectivity index (χ0v) is 18.1. The van der Waals surface area contributed by atoms with Crippen molar-refractivity contribution >= 4 is 29.0 Å². The van der Waals surface area contributed by atoms with Crippen LogP contribution in [0.15, 0.2) is 48.5 Å². The van der Waals surface area contributed by atoms with Crippen LogP contribution in [0.2, 0.25) is 5.02 Å². The summed E-state index contributed by atoms with van der Waals surface area (Å²) < 4.78 is 41.7. The highest BCUT2D eigenvalue weighted by molar-refractivity contribution is 6.38. The average molecular weight is 475 g/mol. The number of likely N-dealkylation sites (tertiary alicyclic amines) is 1. The quantitative estimate of drug-likeness (QED) is 0.538. The molecule has 0 aliphatic carbocycles. The van der Waals surface area contributed by atoms with E-state index in [1.807, 2.05) is 6.07 Å². The fraction of sp³-hybridized carbons (Fsp3) is 0.217. The van der Waals surface area contributed by atoms with Crippen LogP contribution in [0.5, 0.6) is 0 Å². The third-order valence-electron chi connectivity index (χ3n) is 5.39. The molecule has 3 N–H and O–H groups in total. The molecule has 0 saturated carbocycles. The molecule has 0 spiro atoms. The summed E-state index contributed by atoms with van der Waals surface area (Å²) in [4.78, 5) is 13.9. The summed E-state index contributed by atoms with van der Waals surface area (Å²) >= 11 is 6.62. The normalized spacial score (nSPS) is 15.6. The van der Waals surface area contributed by atoms with Crippen LogP contribution in [0.25, 0.3) is 11.3 Å². The Morgan fingerprint density at radius 3 is 2.64 bits per heavy atom. The topological polar surface area (TPSA) is 86.5 Å². The van der Waals surface area contributed by atoms with Crippen LogP contribution >= 0.6 is 11.6 Å². The van der Waals surface area contributed by atoms with Crippen LogP contribution in [-0.2, 0) is 4.79 Å². The van der Waals surface area contributed by atoms with E-state index < -0.39 is 23.5 Å². The zero-order valence-electron chi connectivity index (χ0n) is 17.4. The fourth-order valence-corrected chi connectivity index (χ4v) is 4.01. The Hall–Kier alpha value is -3.30. The zero-order chi connectivity index (χ0) is 23.5. The van der Waals surface area contributed by atoms with Gasteiger partial charge in [0.05, 0.1) is 17.3 Å². The number of carbonyl (C=O) groups is 1. The maximum absolute atomic E-state index is 14.5. The molecule has 0 bridgehead atoms. The minimum atomic E-state index is -1.05. The lowest BCUT2D eigenvalue weighted by molar-refractivity contribution is -0.564. The molecule has 1 aliphatic rings. The molecular formula is C23H20ClF3N5O+. The molecule has 10 heteroatoms. The maximum atomic E-state index is 14.5. The predicted molar refractivity (Wildman–Crippen MR) is 117 cm³/mol. The van der Waals surface area contributed by atoms with Crippen molar-refractivity contribution in [2.24, 2.45) is 0 Å². The van der Waals surface area contributed by atoms with Crippen molar-refractivity contribution < 1.29 is 23.3 Å². The van der Waals surface area contributed by atoms with E-state index in [-0.39, 0.29) is 53.1 Å². The van der Waals surface area contributed by atoms with E-state index in [0.717, 1.165) is 18.2 Å². The number of quaternary nitrogens is 1. The van der Waals surface area contributed by atoms with Gasteiger partial charge in [0.1, 0.15) is 29.1 Å². The first-order valence-electron chi connectivity index (χ1n) is 10.3. The highest BCUT2D eigenvalue weighted by Crippen LogP contribution is 2.32. The molecule has 1 aliphatic heterocycles. The van der Waals surface area contributed by atoms with Gasteiger partial charge in [0.2, 0.25) is 0 Å². The van der Waals surface area contributed by atoms with Crippen molar-refractivity contribution in [3.63, 3.8) is 0 Å². The Bertz CT molecular complexity index is 1210. The van der Waals surface area contributed by atoms with E-state index in [1.165, 1.54) is 10.2 Å². The number of rotatable bonds is 6. The third-order valence-corrected chi connectivity index (χ3v) is 5.76. The van der Waals surface area contributed by atoms with Crippen molar-refractivity contribution in [3.8, 4) is 11.3 Å². The molecule has 1 unspecified atom stereocenters. The van der Waals surface area contributed by atoms with Crippen LogP contribution in [-0.4, -0.2) is 52.5 Å². The molecule has 170 valence electrons. The van der Waals surface area contributed by atoms with Crippen LogP contribution in [0.3, 0.4) is 0 Å². The Labute approximate surface area is 192 Å². The summed E-state index contributed by atoms with van der Waals surface area (Å²) in [7, 11) is 0. The molecule has 2 aromatic carbocycles. The summed E-state index contributed by atoms with van der Waals surface area (Å²) in [5.41, 5.74) is 0.208. The van der Waals surface area contributed by atoms with Gasteiger partial charge >= 0.3 is 0 Å². The smallest absolute Gasteiger partial charge is 0.278 e. The van der Waals surface area contributed by atoms with E-state index in [0.29, 0.717) is 12.1 Å². The van der Waals surface area contributed by atoms with Gasteiger partial charge in [-0.05, 0) is 24.6 Å². The fourth-order valence-electron chi connectivity index (χ4n) is 3.67. The van der Waals surface area contributed by atoms with E-state index >= 15 is 0 Å². The van der Waals surface area contributed by atoms with E-state index in [1.54, 1.807) is 24.3 Å². The Kier molecular flexibility index (Phi) is 6.71. The molecule has 0 radical (unpaired) electrons. The summed E-state index contributed by atoms with van der Waals surface area (Å²) in [5, 5.41) is 18.3. The largest absolute Gasteiger partial charge is 0.335 e. The summed E-state index contributed by atoms with van der Waals surface area (Å²) in [5.74, 6) is -1.75. The summed E-state index contributed by atoms with van der Waals surface area (Å²) in [6, 6.07) is 11.6. The Morgan fingerprint density at radius 2 is 1.94 bits per heavy atom. The highest BCUT2D eigenvalue weighted by Gasteiger charge is 2.29. The first kappa shape index (κ1) is 22.9. The van der Waals surface area contributed by atoms with Gasteiger partial charge in [-0.25, -0.2) is 13.2 Å². The average Bonchev–Trinajstić information content (AvgIpc) is 3.25. The second-order valence-corrected chi connectivity index (χ2v) is 8.00. The van der Waals surface area contributed by atoms with Gasteiger partial charge in [0.25, 0.3) is 11.7 Å². The van der Waals surface area contributed by atoms with Crippen molar-refractivity contribution in [2.45, 2.75) is 12.6 Å². The number of nitrogens with zero attached hydrogens (tertiary/aromatic N) is 3. The third kappa shape index (κ3) is 4.89. The van der Waals surface area contributed by atoms with Crippen LogP contribution in [0.4, 0.5) is 19.0 Å². The monoisotopic (exact) mass is 474 g/mol. The first-order chi connectivity index (χ1) is 15.8. The van der Waals surface area contributed by atoms with Gasteiger partial charge < -0.3 is 4.90 Å². The number of carbonyl (C=O) groups excluding carboxylic acids is 1. The number of hydrogen-bond donors (Lipinski definition) is 2. The molecule has 1 atom stereocenters. The number of halogens is 4. The minimum Gasteiger partial charge on any atom is -0.335 e. The molecular weight excluding hydrogens is 455 g/mol. The maximum Gasteiger partial charge on any atom is 0.278 e. The SMILES string of the molecule is N=C(c1cc(F)ccc1F)c1c([NH2+]CC(=O)N2CCC(F)C2)nnc(-c2ccccc2)c1Cl. The van der Waals surface area contributed by atoms with Gasteiger partial charge in [-0.15, -0.1) is 5.10 Å². The van der Waals surface area contributed by atoms with Gasteiger partial charge in [-0.2, -0.15) is 0 Å². The number of hydrogen-bond acceptors (Lipinski definition) is 4. The molecule has 6 nitrogen and oxygen atoms in total. The van der Waals surface area contributed by atoms with E-state index in [4.69, 9.17) is 17.0 Å². The number of alkyl halides is 1. The Morgan fingerprint density at radius 1 is 1.18 bits per heavy atom. The van der Waals surface area contributed by atoms with E-state index in [9.17, 15) is 18.0 Å². The van der Waals surface area contributed by atoms with Crippen molar-refractivity contribution in [1.82, 2.24) is 15.1 Å². The van der Waals surface area contributed by atoms with Crippen LogP contribution in [0.1, 0.15) is 17.5 Å². The van der Waals surface area contributed by atoms with Gasteiger partial charge in [-0.3, -0.25) is 15.5 Å². The lowest BCUT2D eigenvalue weighted by atomic mass is 10.0. The molecule has 1 fully saturated rings. The summed E-state index contributed by atoms with van der Waals surface area (Å²) in [6.07, 6.45) is -0.759. The molecule has 2 heterocycles. The van der Waals surface area contributed by atoms with Crippen LogP contribution < -0.4 is 5.32 Å².